The van der Waals surface area contributed by atoms with E-state index >= 15 is 0 Å². The molecule has 0 spiro atoms. The van der Waals surface area contributed by atoms with E-state index in [4.69, 9.17) is 11.2 Å². The molecule has 136 valence electrons. The van der Waals surface area contributed by atoms with Crippen LogP contribution in [0.2, 0.25) is 0 Å². The van der Waals surface area contributed by atoms with Crippen LogP contribution < -0.4 is 4.80 Å². The second-order valence-electron chi connectivity index (χ2n) is 5.66. The Bertz CT molecular complexity index is 1120. The normalized spacial score (nSPS) is 11.4. The van der Waals surface area contributed by atoms with Crippen LogP contribution in [0.1, 0.15) is 15.9 Å². The lowest BCUT2D eigenvalue weighted by Gasteiger charge is -2.02. The molecular weight excluding hydrogens is 367 g/mol. The van der Waals surface area contributed by atoms with E-state index in [-0.39, 0.29) is 24.7 Å². The van der Waals surface area contributed by atoms with Gasteiger partial charge in [-0.1, -0.05) is 29.4 Å². The molecule has 27 heavy (non-hydrogen) atoms. The number of carbonyl (C=O) groups is 2. The van der Waals surface area contributed by atoms with Crippen LogP contribution in [0, 0.1) is 18.2 Å². The molecule has 0 bridgehead atoms. The fourth-order valence-electron chi connectivity index (χ4n) is 2.57. The van der Waals surface area contributed by atoms with Crippen molar-refractivity contribution in [3.63, 3.8) is 0 Å². The van der Waals surface area contributed by atoms with E-state index in [2.05, 4.69) is 10.9 Å². The summed E-state index contributed by atoms with van der Waals surface area (Å²) in [5, 5.41) is 0. The van der Waals surface area contributed by atoms with Crippen molar-refractivity contribution in [3.05, 3.63) is 64.2 Å². The van der Waals surface area contributed by atoms with Gasteiger partial charge in [-0.05, 0) is 35.9 Å². The maximum absolute atomic E-state index is 13.0. The van der Waals surface area contributed by atoms with Crippen molar-refractivity contribution in [1.29, 1.82) is 0 Å². The van der Waals surface area contributed by atoms with E-state index in [0.29, 0.717) is 15.9 Å². The second-order valence-corrected chi connectivity index (χ2v) is 6.67. The van der Waals surface area contributed by atoms with Gasteiger partial charge in [-0.25, -0.2) is 9.18 Å². The van der Waals surface area contributed by atoms with Gasteiger partial charge in [-0.3, -0.25) is 4.79 Å². The molecular formula is C20H15FN2O3S. The van der Waals surface area contributed by atoms with Crippen LogP contribution >= 0.6 is 11.3 Å². The SMILES string of the molecule is C#CCn1c(=NC(=O)Cc2ccc(F)cc2)sc2cc(C(=O)OC)ccc21. The molecule has 7 heteroatoms. The summed E-state index contributed by atoms with van der Waals surface area (Å²) in [5.74, 6) is 1.37. The second kappa shape index (κ2) is 7.98. The molecule has 0 aliphatic heterocycles. The summed E-state index contributed by atoms with van der Waals surface area (Å²) in [4.78, 5) is 28.7. The summed E-state index contributed by atoms with van der Waals surface area (Å²) >= 11 is 1.26. The van der Waals surface area contributed by atoms with Crippen LogP contribution in [0.4, 0.5) is 4.39 Å². The number of carbonyl (C=O) groups excluding carboxylic acids is 2. The fourth-order valence-corrected chi connectivity index (χ4v) is 3.66. The molecule has 0 radical (unpaired) electrons. The van der Waals surface area contributed by atoms with Crippen LogP contribution in [0.3, 0.4) is 0 Å². The predicted octanol–water partition coefficient (Wildman–Crippen LogP) is 2.93. The first-order valence-corrected chi connectivity index (χ1v) is 8.80. The van der Waals surface area contributed by atoms with Gasteiger partial charge in [0.2, 0.25) is 0 Å². The largest absolute Gasteiger partial charge is 0.465 e. The van der Waals surface area contributed by atoms with Crippen LogP contribution in [0.5, 0.6) is 0 Å². The van der Waals surface area contributed by atoms with Crippen molar-refractivity contribution < 1.29 is 18.7 Å². The number of thiazole rings is 1. The Balaban J connectivity index is 2.00. The number of ether oxygens (including phenoxy) is 1. The zero-order valence-electron chi connectivity index (χ0n) is 14.4. The number of rotatable bonds is 4. The number of hydrogen-bond donors (Lipinski definition) is 0. The zero-order valence-corrected chi connectivity index (χ0v) is 15.3. The Morgan fingerprint density at radius 2 is 2.00 bits per heavy atom. The molecule has 0 saturated heterocycles. The van der Waals surface area contributed by atoms with Crippen molar-refractivity contribution in [1.82, 2.24) is 4.57 Å². The fraction of sp³-hybridized carbons (Fsp3) is 0.150. The van der Waals surface area contributed by atoms with Crippen molar-refractivity contribution in [3.8, 4) is 12.3 Å². The molecule has 5 nitrogen and oxygen atoms in total. The highest BCUT2D eigenvalue weighted by molar-refractivity contribution is 7.16. The maximum Gasteiger partial charge on any atom is 0.337 e. The number of esters is 1. The Hall–Kier alpha value is -3.24. The van der Waals surface area contributed by atoms with Gasteiger partial charge in [0.15, 0.2) is 4.80 Å². The number of amides is 1. The maximum atomic E-state index is 13.0. The molecule has 1 heterocycles. The lowest BCUT2D eigenvalue weighted by atomic mass is 10.1. The monoisotopic (exact) mass is 382 g/mol. The minimum absolute atomic E-state index is 0.0536. The average Bonchev–Trinajstić information content (AvgIpc) is 2.99. The van der Waals surface area contributed by atoms with Gasteiger partial charge in [-0.2, -0.15) is 4.99 Å². The first-order valence-electron chi connectivity index (χ1n) is 7.99. The van der Waals surface area contributed by atoms with E-state index in [1.165, 1.54) is 30.6 Å². The summed E-state index contributed by atoms with van der Waals surface area (Å²) < 4.78 is 20.2. The number of fused-ring (bicyclic) bond motifs is 1. The predicted molar refractivity (Wildman–Crippen MR) is 101 cm³/mol. The molecule has 0 aliphatic rings. The molecule has 1 amide bonds. The minimum atomic E-state index is -0.445. The van der Waals surface area contributed by atoms with Gasteiger partial charge in [-0.15, -0.1) is 6.42 Å². The lowest BCUT2D eigenvalue weighted by Crippen LogP contribution is -2.17. The molecule has 0 aliphatic carbocycles. The molecule has 0 fully saturated rings. The minimum Gasteiger partial charge on any atom is -0.465 e. The Kier molecular flexibility index (Phi) is 5.48. The van der Waals surface area contributed by atoms with E-state index in [1.54, 1.807) is 34.9 Å². The summed E-state index contributed by atoms with van der Waals surface area (Å²) in [6, 6.07) is 10.8. The third-order valence-electron chi connectivity index (χ3n) is 3.84. The highest BCUT2D eigenvalue weighted by atomic mass is 32.1. The first-order chi connectivity index (χ1) is 13.0. The van der Waals surface area contributed by atoms with Crippen LogP contribution in [-0.2, 0) is 22.5 Å². The van der Waals surface area contributed by atoms with Crippen molar-refractivity contribution in [2.24, 2.45) is 4.99 Å². The van der Waals surface area contributed by atoms with E-state index in [0.717, 1.165) is 10.2 Å². The summed E-state index contributed by atoms with van der Waals surface area (Å²) in [5.41, 5.74) is 1.85. The highest BCUT2D eigenvalue weighted by Gasteiger charge is 2.12. The first kappa shape index (κ1) is 18.5. The van der Waals surface area contributed by atoms with Crippen LogP contribution in [-0.4, -0.2) is 23.6 Å². The van der Waals surface area contributed by atoms with Gasteiger partial charge >= 0.3 is 5.97 Å². The topological polar surface area (TPSA) is 60.7 Å². The lowest BCUT2D eigenvalue weighted by molar-refractivity contribution is -0.117. The number of benzene rings is 2. The third-order valence-corrected chi connectivity index (χ3v) is 4.88. The van der Waals surface area contributed by atoms with Gasteiger partial charge in [0.1, 0.15) is 5.82 Å². The number of aromatic nitrogens is 1. The summed E-state index contributed by atoms with van der Waals surface area (Å²) in [6.45, 7) is 0.236. The molecule has 1 aromatic heterocycles. The standard InChI is InChI=1S/C20H15FN2O3S/c1-3-10-23-16-9-6-14(19(25)26-2)12-17(16)27-20(23)22-18(24)11-13-4-7-15(21)8-5-13/h1,4-9,12H,10-11H2,2H3. The third kappa shape index (κ3) is 4.13. The zero-order chi connectivity index (χ0) is 19.4. The number of methoxy groups -OCH3 is 1. The smallest absolute Gasteiger partial charge is 0.337 e. The molecule has 0 atom stereocenters. The Morgan fingerprint density at radius 1 is 1.26 bits per heavy atom. The molecule has 2 aromatic carbocycles. The van der Waals surface area contributed by atoms with E-state index in [1.807, 2.05) is 0 Å². The van der Waals surface area contributed by atoms with Crippen molar-refractivity contribution >= 4 is 33.4 Å². The Morgan fingerprint density at radius 3 is 2.67 bits per heavy atom. The Labute approximate surface area is 158 Å². The van der Waals surface area contributed by atoms with Gasteiger partial charge in [0.05, 0.1) is 35.9 Å². The van der Waals surface area contributed by atoms with Gasteiger partial charge in [0, 0.05) is 0 Å². The van der Waals surface area contributed by atoms with Crippen LogP contribution in [0.15, 0.2) is 47.5 Å². The number of halogens is 1. The quantitative estimate of drug-likeness (QED) is 0.515. The van der Waals surface area contributed by atoms with Crippen molar-refractivity contribution in [2.75, 3.05) is 7.11 Å². The molecule has 3 rings (SSSR count). The molecule has 0 N–H and O–H groups in total. The van der Waals surface area contributed by atoms with E-state index < -0.39 is 5.97 Å². The highest BCUT2D eigenvalue weighted by Crippen LogP contribution is 2.20. The number of hydrogen-bond acceptors (Lipinski definition) is 4. The molecule has 3 aromatic rings. The number of terminal acetylenes is 1. The van der Waals surface area contributed by atoms with E-state index in [9.17, 15) is 14.0 Å². The van der Waals surface area contributed by atoms with Gasteiger partial charge < -0.3 is 9.30 Å². The number of nitrogens with zero attached hydrogens (tertiary/aromatic N) is 2. The average molecular weight is 382 g/mol. The van der Waals surface area contributed by atoms with Crippen LogP contribution in [0.25, 0.3) is 10.2 Å². The summed E-state index contributed by atoms with van der Waals surface area (Å²) in [6.07, 6.45) is 5.50. The molecule has 0 saturated carbocycles. The summed E-state index contributed by atoms with van der Waals surface area (Å²) in [7, 11) is 1.31. The van der Waals surface area contributed by atoms with Gasteiger partial charge in [0.25, 0.3) is 5.91 Å². The molecule has 0 unspecified atom stereocenters. The van der Waals surface area contributed by atoms with Crippen molar-refractivity contribution in [2.45, 2.75) is 13.0 Å².